The molecule has 1 atom stereocenters. The van der Waals surface area contributed by atoms with E-state index >= 15 is 0 Å². The van der Waals surface area contributed by atoms with Crippen LogP contribution in [-0.4, -0.2) is 16.6 Å². The maximum absolute atomic E-state index is 5.60. The van der Waals surface area contributed by atoms with Gasteiger partial charge in [-0.2, -0.15) is 0 Å². The van der Waals surface area contributed by atoms with E-state index < -0.39 is 0 Å². The van der Waals surface area contributed by atoms with Crippen LogP contribution in [0.15, 0.2) is 36.4 Å². The molecule has 0 spiro atoms. The minimum atomic E-state index is 0.318. The fourth-order valence-corrected chi connectivity index (χ4v) is 2.24. The first-order chi connectivity index (χ1) is 8.36. The lowest BCUT2D eigenvalue weighted by Crippen LogP contribution is -2.07. The summed E-state index contributed by atoms with van der Waals surface area (Å²) in [5, 5.41) is 0. The minimum Gasteiger partial charge on any atom is -0.422 e. The van der Waals surface area contributed by atoms with Gasteiger partial charge in [0, 0.05) is 0 Å². The highest BCUT2D eigenvalue weighted by Crippen LogP contribution is 2.10. The van der Waals surface area contributed by atoms with Gasteiger partial charge < -0.3 is 4.43 Å². The van der Waals surface area contributed by atoms with E-state index in [0.29, 0.717) is 6.10 Å². The van der Waals surface area contributed by atoms with Crippen LogP contribution in [0, 0.1) is 0 Å². The lowest BCUT2D eigenvalue weighted by Gasteiger charge is -2.11. The smallest absolute Gasteiger partial charge is 0.146 e. The maximum atomic E-state index is 5.60. The molecule has 0 heterocycles. The molecule has 0 fully saturated rings. The Hall–Kier alpha value is -0.863. The highest BCUT2D eigenvalue weighted by atomic mass is 28.2. The van der Waals surface area contributed by atoms with Crippen LogP contribution in [0.4, 0.5) is 0 Å². The van der Waals surface area contributed by atoms with E-state index in [-0.39, 0.29) is 0 Å². The van der Waals surface area contributed by atoms with E-state index in [1.54, 1.807) is 0 Å². The first-order valence-electron chi connectivity index (χ1n) is 6.63. The van der Waals surface area contributed by atoms with Gasteiger partial charge in [-0.1, -0.05) is 75.1 Å². The molecule has 17 heavy (non-hydrogen) atoms. The summed E-state index contributed by atoms with van der Waals surface area (Å²) in [6.07, 6.45) is 11.1. The summed E-state index contributed by atoms with van der Waals surface area (Å²) in [5.41, 5.74) is 1.25. The molecule has 0 aromatic heterocycles. The van der Waals surface area contributed by atoms with Crippen molar-refractivity contribution in [3.05, 3.63) is 42.0 Å². The summed E-state index contributed by atoms with van der Waals surface area (Å²) in [6.45, 7) is 2.25. The predicted molar refractivity (Wildman–Crippen MR) is 79.0 cm³/mol. The number of unbranched alkanes of at least 4 members (excludes halogenated alkanes) is 3. The van der Waals surface area contributed by atoms with Gasteiger partial charge in [0.25, 0.3) is 0 Å². The van der Waals surface area contributed by atoms with Gasteiger partial charge in [-0.05, 0) is 12.0 Å². The zero-order chi connectivity index (χ0) is 12.3. The topological polar surface area (TPSA) is 9.23 Å². The molecule has 0 saturated heterocycles. The van der Waals surface area contributed by atoms with E-state index in [1.165, 1.54) is 31.2 Å². The molecular formula is C15H24OSi. The summed E-state index contributed by atoms with van der Waals surface area (Å²) >= 11 is 0. The Morgan fingerprint density at radius 1 is 1.18 bits per heavy atom. The molecular weight excluding hydrogens is 224 g/mol. The van der Waals surface area contributed by atoms with Crippen LogP contribution >= 0.6 is 0 Å². The van der Waals surface area contributed by atoms with Crippen LogP contribution in [-0.2, 0) is 4.43 Å². The predicted octanol–water partition coefficient (Wildman–Crippen LogP) is 3.34. The quantitative estimate of drug-likeness (QED) is 0.506. The van der Waals surface area contributed by atoms with Gasteiger partial charge in [0.05, 0.1) is 6.10 Å². The lowest BCUT2D eigenvalue weighted by molar-refractivity contribution is 0.257. The second kappa shape index (κ2) is 9.20. The molecule has 1 aromatic carbocycles. The third-order valence-electron chi connectivity index (χ3n) is 2.95. The van der Waals surface area contributed by atoms with Crippen molar-refractivity contribution in [2.45, 2.75) is 45.1 Å². The van der Waals surface area contributed by atoms with Crippen LogP contribution in [0.1, 0.15) is 44.6 Å². The Bertz CT molecular complexity index is 308. The standard InChI is InChI=1S/C15H24OSi/c1-2-3-4-8-11-15(16-17)13-12-14-9-6-5-7-10-14/h5-7,9-10,12-13,15H,2-4,8,11H2,1,17H3. The average molecular weight is 248 g/mol. The van der Waals surface area contributed by atoms with Gasteiger partial charge in [0.2, 0.25) is 0 Å². The van der Waals surface area contributed by atoms with Crippen LogP contribution in [0.3, 0.4) is 0 Å². The molecule has 0 bridgehead atoms. The highest BCUT2D eigenvalue weighted by molar-refractivity contribution is 5.98. The van der Waals surface area contributed by atoms with Gasteiger partial charge in [-0.15, -0.1) is 0 Å². The third-order valence-corrected chi connectivity index (χ3v) is 3.55. The van der Waals surface area contributed by atoms with Crippen molar-refractivity contribution >= 4 is 16.6 Å². The van der Waals surface area contributed by atoms with Gasteiger partial charge in [0.15, 0.2) is 0 Å². The Labute approximate surface area is 108 Å². The Morgan fingerprint density at radius 3 is 2.59 bits per heavy atom. The van der Waals surface area contributed by atoms with Crippen molar-refractivity contribution in [3.8, 4) is 0 Å². The molecule has 0 saturated carbocycles. The van der Waals surface area contributed by atoms with Gasteiger partial charge in [-0.25, -0.2) is 0 Å². The first-order valence-corrected chi connectivity index (χ1v) is 7.44. The zero-order valence-electron chi connectivity index (χ0n) is 11.1. The minimum absolute atomic E-state index is 0.318. The van der Waals surface area contributed by atoms with Crippen LogP contribution < -0.4 is 0 Å². The highest BCUT2D eigenvalue weighted by Gasteiger charge is 2.01. The molecule has 2 heteroatoms. The summed E-state index contributed by atoms with van der Waals surface area (Å²) < 4.78 is 5.60. The van der Waals surface area contributed by atoms with Crippen molar-refractivity contribution in [1.29, 1.82) is 0 Å². The molecule has 0 aliphatic heterocycles. The van der Waals surface area contributed by atoms with E-state index in [0.717, 1.165) is 16.9 Å². The molecule has 1 rings (SSSR count). The second-order valence-corrected chi connectivity index (χ2v) is 4.86. The maximum Gasteiger partial charge on any atom is 0.146 e. The van der Waals surface area contributed by atoms with Crippen molar-refractivity contribution in [3.63, 3.8) is 0 Å². The normalized spacial score (nSPS) is 13.2. The molecule has 0 radical (unpaired) electrons. The van der Waals surface area contributed by atoms with Gasteiger partial charge in [0.1, 0.15) is 10.5 Å². The molecule has 0 N–H and O–H groups in total. The number of hydrogen-bond donors (Lipinski definition) is 0. The summed E-state index contributed by atoms with van der Waals surface area (Å²) in [5.74, 6) is 0. The molecule has 1 aromatic rings. The van der Waals surface area contributed by atoms with Crippen molar-refractivity contribution in [1.82, 2.24) is 0 Å². The van der Waals surface area contributed by atoms with Crippen LogP contribution in [0.25, 0.3) is 6.08 Å². The zero-order valence-corrected chi connectivity index (χ0v) is 13.1. The van der Waals surface area contributed by atoms with E-state index in [2.05, 4.69) is 43.3 Å². The Balaban J connectivity index is 2.33. The monoisotopic (exact) mass is 248 g/mol. The SMILES string of the molecule is CCCCCCC(C=Cc1ccccc1)O[SiH3]. The summed E-state index contributed by atoms with van der Waals surface area (Å²) in [6, 6.07) is 10.4. The molecule has 0 amide bonds. The summed E-state index contributed by atoms with van der Waals surface area (Å²) in [4.78, 5) is 0. The molecule has 0 aliphatic carbocycles. The Kier molecular flexibility index (Phi) is 7.68. The number of hydrogen-bond acceptors (Lipinski definition) is 1. The van der Waals surface area contributed by atoms with E-state index in [4.69, 9.17) is 4.43 Å². The largest absolute Gasteiger partial charge is 0.422 e. The van der Waals surface area contributed by atoms with Crippen LogP contribution in [0.5, 0.6) is 0 Å². The Morgan fingerprint density at radius 2 is 1.94 bits per heavy atom. The molecule has 94 valence electrons. The fourth-order valence-electron chi connectivity index (χ4n) is 1.85. The number of rotatable bonds is 8. The average Bonchev–Trinajstić information content (AvgIpc) is 2.39. The molecule has 0 aliphatic rings. The molecule has 1 nitrogen and oxygen atoms in total. The molecule has 1 unspecified atom stereocenters. The fraction of sp³-hybridized carbons (Fsp3) is 0.467. The second-order valence-electron chi connectivity index (χ2n) is 4.39. The number of benzene rings is 1. The first kappa shape index (κ1) is 14.2. The van der Waals surface area contributed by atoms with Crippen LogP contribution in [0.2, 0.25) is 0 Å². The lowest BCUT2D eigenvalue weighted by atomic mass is 10.1. The summed E-state index contributed by atoms with van der Waals surface area (Å²) in [7, 11) is 0.817. The van der Waals surface area contributed by atoms with E-state index in [1.807, 2.05) is 6.07 Å². The van der Waals surface area contributed by atoms with Gasteiger partial charge in [-0.3, -0.25) is 0 Å². The van der Waals surface area contributed by atoms with Gasteiger partial charge >= 0.3 is 0 Å². The van der Waals surface area contributed by atoms with Crippen molar-refractivity contribution in [2.75, 3.05) is 0 Å². The van der Waals surface area contributed by atoms with Crippen molar-refractivity contribution in [2.24, 2.45) is 0 Å². The van der Waals surface area contributed by atoms with Crippen molar-refractivity contribution < 1.29 is 4.43 Å². The third kappa shape index (κ3) is 6.44. The van der Waals surface area contributed by atoms with E-state index in [9.17, 15) is 0 Å².